The van der Waals surface area contributed by atoms with Crippen molar-refractivity contribution >= 4 is 23.3 Å². The normalized spacial score (nSPS) is 14.3. The summed E-state index contributed by atoms with van der Waals surface area (Å²) in [7, 11) is 0. The zero-order valence-electron chi connectivity index (χ0n) is 21.3. The first-order valence-corrected chi connectivity index (χ1v) is 12.7. The third kappa shape index (κ3) is 8.68. The summed E-state index contributed by atoms with van der Waals surface area (Å²) in [5.41, 5.74) is 11.0. The molecule has 36 heavy (non-hydrogen) atoms. The Balaban J connectivity index is 1.70. The molecule has 0 aliphatic heterocycles. The molecule has 8 heteroatoms. The summed E-state index contributed by atoms with van der Waals surface area (Å²) in [4.78, 5) is 29.5. The van der Waals surface area contributed by atoms with Crippen molar-refractivity contribution in [2.45, 2.75) is 52.5 Å². The van der Waals surface area contributed by atoms with E-state index in [2.05, 4.69) is 15.8 Å². The van der Waals surface area contributed by atoms with Gasteiger partial charge in [-0.2, -0.15) is 0 Å². The lowest BCUT2D eigenvalue weighted by molar-refractivity contribution is -0.142. The number of hydrogen-bond donors (Lipinski definition) is 3. The van der Waals surface area contributed by atoms with Crippen molar-refractivity contribution in [1.82, 2.24) is 10.6 Å². The molecule has 194 valence electrons. The fourth-order valence-electron chi connectivity index (χ4n) is 4.34. The predicted molar refractivity (Wildman–Crippen MR) is 142 cm³/mol. The van der Waals surface area contributed by atoms with Crippen LogP contribution in [-0.2, 0) is 25.7 Å². The number of carbonyl (C=O) groups is 2. The van der Waals surface area contributed by atoms with Gasteiger partial charge in [0, 0.05) is 29.9 Å². The zero-order valence-corrected chi connectivity index (χ0v) is 21.3. The minimum Gasteiger partial charge on any atom is -0.465 e. The molecule has 4 N–H and O–H groups in total. The van der Waals surface area contributed by atoms with Gasteiger partial charge in [-0.3, -0.25) is 9.59 Å². The van der Waals surface area contributed by atoms with E-state index in [1.165, 1.54) is 32.1 Å². The first-order valence-electron chi connectivity index (χ1n) is 12.7. The van der Waals surface area contributed by atoms with E-state index in [-0.39, 0.29) is 25.0 Å². The van der Waals surface area contributed by atoms with E-state index in [0.717, 1.165) is 22.3 Å². The molecular weight excluding hydrogens is 456 g/mol. The van der Waals surface area contributed by atoms with Gasteiger partial charge in [0.05, 0.1) is 13.2 Å². The maximum absolute atomic E-state index is 12.3. The highest BCUT2D eigenvalue weighted by atomic mass is 16.6. The highest BCUT2D eigenvalue weighted by molar-refractivity contribution is 6.13. The number of nitrogen functional groups attached to an aromatic ring is 1. The predicted octanol–water partition coefficient (Wildman–Crippen LogP) is 3.70. The van der Waals surface area contributed by atoms with E-state index in [9.17, 15) is 9.59 Å². The summed E-state index contributed by atoms with van der Waals surface area (Å²) in [6.45, 7) is 5.15. The smallest absolute Gasteiger partial charge is 0.319 e. The van der Waals surface area contributed by atoms with Gasteiger partial charge in [-0.1, -0.05) is 54.2 Å². The second-order valence-corrected chi connectivity index (χ2v) is 9.21. The van der Waals surface area contributed by atoms with Crippen LogP contribution in [0, 0.1) is 12.8 Å². The Kier molecular flexibility index (Phi) is 10.8. The molecule has 1 aliphatic rings. The van der Waals surface area contributed by atoms with Crippen molar-refractivity contribution in [3.63, 3.8) is 0 Å². The van der Waals surface area contributed by atoms with Crippen LogP contribution < -0.4 is 16.4 Å². The molecule has 1 saturated carbocycles. The number of benzene rings is 2. The van der Waals surface area contributed by atoms with Crippen LogP contribution in [0.1, 0.15) is 61.3 Å². The number of oxime groups is 1. The number of nitrogens with one attached hydrogen (secondary N) is 2. The van der Waals surface area contributed by atoms with Crippen LogP contribution >= 0.6 is 0 Å². The van der Waals surface area contributed by atoms with Crippen molar-refractivity contribution in [3.8, 4) is 0 Å². The molecule has 0 aromatic heterocycles. The van der Waals surface area contributed by atoms with Crippen LogP contribution in [0.25, 0.3) is 0 Å². The maximum Gasteiger partial charge on any atom is 0.319 e. The Hall–Kier alpha value is -3.39. The van der Waals surface area contributed by atoms with Crippen molar-refractivity contribution in [3.05, 3.63) is 64.7 Å². The summed E-state index contributed by atoms with van der Waals surface area (Å²) >= 11 is 0. The van der Waals surface area contributed by atoms with Gasteiger partial charge in [-0.05, 0) is 56.4 Å². The third-order valence-corrected chi connectivity index (χ3v) is 6.26. The highest BCUT2D eigenvalue weighted by Crippen LogP contribution is 2.23. The van der Waals surface area contributed by atoms with E-state index < -0.39 is 0 Å². The topological polar surface area (TPSA) is 115 Å². The molecule has 2 aromatic rings. The fourth-order valence-corrected chi connectivity index (χ4v) is 4.34. The van der Waals surface area contributed by atoms with Gasteiger partial charge in [-0.15, -0.1) is 0 Å². The molecule has 0 unspecified atom stereocenters. The van der Waals surface area contributed by atoms with Crippen LogP contribution in [0.4, 0.5) is 5.69 Å². The molecule has 0 atom stereocenters. The minimum atomic E-state index is -0.315. The molecule has 1 amide bonds. The van der Waals surface area contributed by atoms with Gasteiger partial charge in [0.25, 0.3) is 5.91 Å². The lowest BCUT2D eigenvalue weighted by Crippen LogP contribution is -2.32. The standard InChI is InChI=1S/C28H38N4O4/c1-3-35-27(34)18-30-17-24-15-23(12-13-25(24)29)28(22-11-7-8-20(2)14-22)32-36-19-26(33)31-16-21-9-5-4-6-10-21/h7-8,11-15,21,30H,3-6,9-10,16-19,29H2,1-2H3,(H,31,33). The SMILES string of the molecule is CCOC(=O)CNCc1cc(C(=NOCC(=O)NCC2CCCCC2)c2cccc(C)c2)ccc1N. The lowest BCUT2D eigenvalue weighted by atomic mass is 9.89. The number of ether oxygens (including phenoxy) is 1. The number of rotatable bonds is 12. The van der Waals surface area contributed by atoms with Gasteiger partial charge in [0.1, 0.15) is 5.71 Å². The molecule has 2 aromatic carbocycles. The maximum atomic E-state index is 12.3. The number of nitrogens with zero attached hydrogens (tertiary/aromatic N) is 1. The second kappa shape index (κ2) is 14.2. The summed E-state index contributed by atoms with van der Waals surface area (Å²) < 4.78 is 4.96. The largest absolute Gasteiger partial charge is 0.465 e. The number of carbonyl (C=O) groups excluding carboxylic acids is 2. The highest BCUT2D eigenvalue weighted by Gasteiger charge is 2.15. The van der Waals surface area contributed by atoms with E-state index in [0.29, 0.717) is 37.0 Å². The average molecular weight is 495 g/mol. The Bertz CT molecular complexity index is 1050. The molecule has 0 saturated heterocycles. The number of aryl methyl sites for hydroxylation is 1. The number of anilines is 1. The number of amides is 1. The number of nitrogens with two attached hydrogens (primary N) is 1. The van der Waals surface area contributed by atoms with E-state index in [1.54, 1.807) is 13.0 Å². The fraction of sp³-hybridized carbons (Fsp3) is 0.464. The summed E-state index contributed by atoms with van der Waals surface area (Å²) in [5, 5.41) is 10.4. The van der Waals surface area contributed by atoms with Crippen molar-refractivity contribution in [2.24, 2.45) is 11.1 Å². The van der Waals surface area contributed by atoms with Crippen LogP contribution in [-0.4, -0.2) is 43.9 Å². The van der Waals surface area contributed by atoms with Crippen molar-refractivity contribution in [1.29, 1.82) is 0 Å². The molecule has 8 nitrogen and oxygen atoms in total. The minimum absolute atomic E-state index is 0.0927. The van der Waals surface area contributed by atoms with E-state index in [1.807, 2.05) is 43.3 Å². The molecule has 0 spiro atoms. The Morgan fingerprint density at radius 2 is 1.86 bits per heavy atom. The first-order chi connectivity index (χ1) is 17.5. The average Bonchev–Trinajstić information content (AvgIpc) is 2.87. The number of hydrogen-bond acceptors (Lipinski definition) is 7. The van der Waals surface area contributed by atoms with Crippen LogP contribution in [0.3, 0.4) is 0 Å². The van der Waals surface area contributed by atoms with Gasteiger partial charge in [-0.25, -0.2) is 0 Å². The molecule has 1 aliphatic carbocycles. The van der Waals surface area contributed by atoms with Gasteiger partial charge >= 0.3 is 5.97 Å². The Morgan fingerprint density at radius 1 is 1.08 bits per heavy atom. The van der Waals surface area contributed by atoms with Crippen LogP contribution in [0.15, 0.2) is 47.6 Å². The lowest BCUT2D eigenvalue weighted by Gasteiger charge is -2.21. The molecule has 0 heterocycles. The zero-order chi connectivity index (χ0) is 25.8. The van der Waals surface area contributed by atoms with Gasteiger partial charge in [0.2, 0.25) is 0 Å². The Morgan fingerprint density at radius 3 is 2.61 bits per heavy atom. The van der Waals surface area contributed by atoms with Gasteiger partial charge < -0.3 is 25.9 Å². The van der Waals surface area contributed by atoms with E-state index in [4.69, 9.17) is 15.3 Å². The van der Waals surface area contributed by atoms with Crippen LogP contribution in [0.5, 0.6) is 0 Å². The van der Waals surface area contributed by atoms with Crippen LogP contribution in [0.2, 0.25) is 0 Å². The monoisotopic (exact) mass is 494 g/mol. The summed E-state index contributed by atoms with van der Waals surface area (Å²) in [5.74, 6) is 0.0678. The molecule has 0 radical (unpaired) electrons. The molecule has 1 fully saturated rings. The van der Waals surface area contributed by atoms with Crippen molar-refractivity contribution in [2.75, 3.05) is 32.0 Å². The first kappa shape index (κ1) is 27.2. The van der Waals surface area contributed by atoms with E-state index >= 15 is 0 Å². The second-order valence-electron chi connectivity index (χ2n) is 9.21. The molecule has 0 bridgehead atoms. The quantitative estimate of drug-likeness (QED) is 0.179. The summed E-state index contributed by atoms with van der Waals surface area (Å²) in [6, 6.07) is 13.5. The number of esters is 1. The third-order valence-electron chi connectivity index (χ3n) is 6.26. The molecule has 3 rings (SSSR count). The molecular formula is C28H38N4O4. The van der Waals surface area contributed by atoms with Crippen molar-refractivity contribution < 1.29 is 19.2 Å². The summed E-state index contributed by atoms with van der Waals surface area (Å²) in [6.07, 6.45) is 6.11. The Labute approximate surface area is 213 Å². The van der Waals surface area contributed by atoms with Gasteiger partial charge in [0.15, 0.2) is 6.61 Å².